The first-order valence-electron chi connectivity index (χ1n) is 11.0. The molecule has 1 N–H and O–H groups in total. The lowest BCUT2D eigenvalue weighted by Gasteiger charge is -2.17. The summed E-state index contributed by atoms with van der Waals surface area (Å²) in [5.74, 6) is -0.415. The molecule has 4 aromatic rings. The first-order valence-corrected chi connectivity index (χ1v) is 11.0. The van der Waals surface area contributed by atoms with Gasteiger partial charge in [-0.1, -0.05) is 48.5 Å². The van der Waals surface area contributed by atoms with E-state index in [1.165, 1.54) is 12.1 Å². The molecule has 3 aromatic carbocycles. The molecule has 4 rings (SSSR count). The van der Waals surface area contributed by atoms with Gasteiger partial charge in [-0.3, -0.25) is 9.59 Å². The van der Waals surface area contributed by atoms with Gasteiger partial charge in [0.25, 0.3) is 5.91 Å². The Morgan fingerprint density at radius 2 is 1.59 bits per heavy atom. The topological polar surface area (TPSA) is 60.3 Å². The molecule has 0 spiro atoms. The zero-order chi connectivity index (χ0) is 24.1. The summed E-state index contributed by atoms with van der Waals surface area (Å²) in [4.78, 5) is 25.7. The molecular formula is C28H25FN2O3. The number of aryl methyl sites for hydroxylation is 2. The van der Waals surface area contributed by atoms with Gasteiger partial charge >= 0.3 is 0 Å². The Bertz CT molecular complexity index is 1310. The number of ether oxygens (including phenoxy) is 1. The monoisotopic (exact) mass is 456 g/mol. The van der Waals surface area contributed by atoms with E-state index in [0.29, 0.717) is 17.0 Å². The number of hydrogen-bond acceptors (Lipinski definition) is 3. The minimum atomic E-state index is -0.488. The third-order valence-electron chi connectivity index (χ3n) is 5.55. The molecule has 0 atom stereocenters. The fraction of sp³-hybridized carbons (Fsp3) is 0.143. The minimum absolute atomic E-state index is 0.114. The third kappa shape index (κ3) is 5.07. The highest BCUT2D eigenvalue weighted by Gasteiger charge is 2.20. The van der Waals surface area contributed by atoms with Crippen LogP contribution in [0, 0.1) is 19.7 Å². The maximum atomic E-state index is 14.2. The average molecular weight is 457 g/mol. The number of halogens is 1. The lowest BCUT2D eigenvalue weighted by Crippen LogP contribution is -2.29. The van der Waals surface area contributed by atoms with Gasteiger partial charge in [-0.15, -0.1) is 0 Å². The zero-order valence-corrected chi connectivity index (χ0v) is 19.0. The molecular weight excluding hydrogens is 431 g/mol. The molecule has 5 nitrogen and oxygen atoms in total. The number of carbonyl (C=O) groups is 2. The average Bonchev–Trinajstić information content (AvgIpc) is 3.14. The normalized spacial score (nSPS) is 10.7. The van der Waals surface area contributed by atoms with E-state index in [1.807, 2.05) is 48.7 Å². The number of para-hydroxylation sites is 1. The van der Waals surface area contributed by atoms with Gasteiger partial charge in [0.05, 0.1) is 12.2 Å². The standard InChI is InChI=1S/C28H25FN2O3/c1-19-15-20(2)31(26(19)17-30-27(32)18-34-23-11-7-4-8-12-23)25-14-13-22(29)16-24(25)28(33)21-9-5-3-6-10-21/h3-16H,17-18H2,1-2H3,(H,30,32). The van der Waals surface area contributed by atoms with Crippen LogP contribution in [0.3, 0.4) is 0 Å². The molecule has 0 unspecified atom stereocenters. The number of rotatable bonds is 8. The highest BCUT2D eigenvalue weighted by atomic mass is 19.1. The lowest BCUT2D eigenvalue weighted by molar-refractivity contribution is -0.123. The number of aromatic nitrogens is 1. The molecule has 0 saturated carbocycles. The second-order valence-corrected chi connectivity index (χ2v) is 7.99. The summed E-state index contributed by atoms with van der Waals surface area (Å²) in [7, 11) is 0. The summed E-state index contributed by atoms with van der Waals surface area (Å²) < 4.78 is 21.6. The molecule has 0 aliphatic carbocycles. The van der Waals surface area contributed by atoms with Crippen molar-refractivity contribution in [1.82, 2.24) is 9.88 Å². The fourth-order valence-electron chi connectivity index (χ4n) is 3.93. The Morgan fingerprint density at radius 1 is 0.912 bits per heavy atom. The van der Waals surface area contributed by atoms with E-state index in [1.54, 1.807) is 42.5 Å². The van der Waals surface area contributed by atoms with Crippen LogP contribution in [-0.2, 0) is 11.3 Å². The molecule has 34 heavy (non-hydrogen) atoms. The second-order valence-electron chi connectivity index (χ2n) is 7.99. The van der Waals surface area contributed by atoms with Gasteiger partial charge in [0.2, 0.25) is 0 Å². The van der Waals surface area contributed by atoms with E-state index in [4.69, 9.17) is 4.74 Å². The van der Waals surface area contributed by atoms with Crippen LogP contribution in [0.4, 0.5) is 4.39 Å². The van der Waals surface area contributed by atoms with Crippen LogP contribution >= 0.6 is 0 Å². The first-order chi connectivity index (χ1) is 16.4. The van der Waals surface area contributed by atoms with Gasteiger partial charge in [-0.05, 0) is 55.8 Å². The molecule has 6 heteroatoms. The molecule has 0 fully saturated rings. The highest BCUT2D eigenvalue weighted by Crippen LogP contribution is 2.26. The highest BCUT2D eigenvalue weighted by molar-refractivity contribution is 6.11. The second kappa shape index (κ2) is 10.2. The van der Waals surface area contributed by atoms with Gasteiger partial charge in [-0.2, -0.15) is 0 Å². The molecule has 1 heterocycles. The first kappa shape index (κ1) is 23.0. The Kier molecular flexibility index (Phi) is 6.87. The zero-order valence-electron chi connectivity index (χ0n) is 19.0. The lowest BCUT2D eigenvalue weighted by atomic mass is 10.0. The Labute approximate surface area is 197 Å². The summed E-state index contributed by atoms with van der Waals surface area (Å²) in [5, 5.41) is 2.88. The van der Waals surface area contributed by atoms with Crippen molar-refractivity contribution in [2.24, 2.45) is 0 Å². The number of nitrogens with one attached hydrogen (secondary N) is 1. The number of hydrogen-bond donors (Lipinski definition) is 1. The Morgan fingerprint density at radius 3 is 2.29 bits per heavy atom. The Hall–Kier alpha value is -4.19. The minimum Gasteiger partial charge on any atom is -0.484 e. The van der Waals surface area contributed by atoms with Crippen molar-refractivity contribution in [1.29, 1.82) is 0 Å². The van der Waals surface area contributed by atoms with Crippen LogP contribution in [-0.4, -0.2) is 22.9 Å². The van der Waals surface area contributed by atoms with E-state index in [0.717, 1.165) is 17.0 Å². The van der Waals surface area contributed by atoms with Crippen LogP contribution < -0.4 is 10.1 Å². The maximum Gasteiger partial charge on any atom is 0.258 e. The van der Waals surface area contributed by atoms with Crippen molar-refractivity contribution in [2.45, 2.75) is 20.4 Å². The molecule has 0 aliphatic heterocycles. The number of ketones is 1. The summed E-state index contributed by atoms with van der Waals surface area (Å²) in [6.45, 7) is 3.97. The molecule has 0 aliphatic rings. The number of carbonyl (C=O) groups excluding carboxylic acids is 2. The largest absolute Gasteiger partial charge is 0.484 e. The molecule has 0 saturated heterocycles. The maximum absolute atomic E-state index is 14.2. The fourth-order valence-corrected chi connectivity index (χ4v) is 3.93. The van der Waals surface area contributed by atoms with Gasteiger partial charge in [0.15, 0.2) is 12.4 Å². The van der Waals surface area contributed by atoms with Crippen molar-refractivity contribution in [3.05, 3.63) is 119 Å². The van der Waals surface area contributed by atoms with Crippen molar-refractivity contribution in [2.75, 3.05) is 6.61 Å². The van der Waals surface area contributed by atoms with Crippen molar-refractivity contribution >= 4 is 11.7 Å². The van der Waals surface area contributed by atoms with Gasteiger partial charge in [0, 0.05) is 22.5 Å². The van der Waals surface area contributed by atoms with E-state index < -0.39 is 5.82 Å². The van der Waals surface area contributed by atoms with Gasteiger partial charge in [-0.25, -0.2) is 4.39 Å². The SMILES string of the molecule is Cc1cc(C)n(-c2ccc(F)cc2C(=O)c2ccccc2)c1CNC(=O)COc1ccccc1. The van der Waals surface area contributed by atoms with Gasteiger partial charge in [0.1, 0.15) is 11.6 Å². The number of nitrogens with zero attached hydrogens (tertiary/aromatic N) is 1. The van der Waals surface area contributed by atoms with Crippen LogP contribution in [0.5, 0.6) is 5.75 Å². The smallest absolute Gasteiger partial charge is 0.258 e. The summed E-state index contributed by atoms with van der Waals surface area (Å²) in [6, 6.07) is 24.1. The predicted molar refractivity (Wildman–Crippen MR) is 129 cm³/mol. The summed E-state index contributed by atoms with van der Waals surface area (Å²) in [6.07, 6.45) is 0. The van der Waals surface area contributed by atoms with Crippen LogP contribution in [0.1, 0.15) is 32.9 Å². The van der Waals surface area contributed by atoms with Gasteiger partial charge < -0.3 is 14.6 Å². The molecule has 172 valence electrons. The summed E-state index contributed by atoms with van der Waals surface area (Å²) >= 11 is 0. The van der Waals surface area contributed by atoms with Crippen LogP contribution in [0.25, 0.3) is 5.69 Å². The molecule has 1 amide bonds. The van der Waals surface area contributed by atoms with Crippen molar-refractivity contribution in [3.8, 4) is 11.4 Å². The van der Waals surface area contributed by atoms with Crippen LogP contribution in [0.15, 0.2) is 84.9 Å². The predicted octanol–water partition coefficient (Wildman–Crippen LogP) is 5.16. The number of benzene rings is 3. The van der Waals surface area contributed by atoms with Crippen molar-refractivity contribution < 1.29 is 18.7 Å². The van der Waals surface area contributed by atoms with E-state index in [2.05, 4.69) is 5.32 Å². The quantitative estimate of drug-likeness (QED) is 0.373. The van der Waals surface area contributed by atoms with E-state index >= 15 is 0 Å². The Balaban J connectivity index is 1.60. The van der Waals surface area contributed by atoms with E-state index in [9.17, 15) is 14.0 Å². The molecule has 0 bridgehead atoms. The third-order valence-corrected chi connectivity index (χ3v) is 5.55. The number of amides is 1. The molecule has 0 radical (unpaired) electrons. The summed E-state index contributed by atoms with van der Waals surface area (Å²) in [5.41, 5.74) is 3.92. The van der Waals surface area contributed by atoms with Crippen molar-refractivity contribution in [3.63, 3.8) is 0 Å². The molecule has 1 aromatic heterocycles. The van der Waals surface area contributed by atoms with E-state index in [-0.39, 0.29) is 30.4 Å². The van der Waals surface area contributed by atoms with Crippen LogP contribution in [0.2, 0.25) is 0 Å².